The number of nitrogens with one attached hydrogen (secondary N) is 2. The molecule has 4 rings (SSSR count). The van der Waals surface area contributed by atoms with Gasteiger partial charge in [0.05, 0.1) is 18.7 Å². The third-order valence-corrected chi connectivity index (χ3v) is 4.96. The van der Waals surface area contributed by atoms with E-state index in [1.807, 2.05) is 18.2 Å². The van der Waals surface area contributed by atoms with Crippen molar-refractivity contribution in [2.24, 2.45) is 10.1 Å². The second kappa shape index (κ2) is 6.68. The molecule has 0 aromatic heterocycles. The fourth-order valence-electron chi connectivity index (χ4n) is 2.72. The van der Waals surface area contributed by atoms with Crippen LogP contribution in [0.15, 0.2) is 52.6 Å². The Morgan fingerprint density at radius 2 is 2.12 bits per heavy atom. The molecule has 5 nitrogen and oxygen atoms in total. The van der Waals surface area contributed by atoms with Crippen LogP contribution in [0.5, 0.6) is 0 Å². The first-order chi connectivity index (χ1) is 12.2. The van der Waals surface area contributed by atoms with Crippen LogP contribution in [-0.2, 0) is 17.8 Å². The summed E-state index contributed by atoms with van der Waals surface area (Å²) < 4.78 is 13.6. The zero-order valence-corrected chi connectivity index (χ0v) is 14.1. The lowest BCUT2D eigenvalue weighted by molar-refractivity contribution is -0.115. The zero-order valence-electron chi connectivity index (χ0n) is 13.3. The third kappa shape index (κ3) is 3.41. The first-order valence-corrected chi connectivity index (χ1v) is 8.84. The van der Waals surface area contributed by atoms with Gasteiger partial charge >= 0.3 is 0 Å². The molecular formula is C18H15FN4OS. The van der Waals surface area contributed by atoms with E-state index in [0.717, 1.165) is 22.5 Å². The van der Waals surface area contributed by atoms with Gasteiger partial charge in [0.2, 0.25) is 5.91 Å². The van der Waals surface area contributed by atoms with E-state index in [0.29, 0.717) is 22.9 Å². The van der Waals surface area contributed by atoms with Crippen molar-refractivity contribution in [3.63, 3.8) is 0 Å². The van der Waals surface area contributed by atoms with Crippen LogP contribution in [0, 0.1) is 5.82 Å². The second-order valence-electron chi connectivity index (χ2n) is 5.77. The summed E-state index contributed by atoms with van der Waals surface area (Å²) in [6.07, 6.45) is 0.432. The fraction of sp³-hybridized carbons (Fsp3) is 0.167. The van der Waals surface area contributed by atoms with Gasteiger partial charge in [-0.2, -0.15) is 5.10 Å². The van der Waals surface area contributed by atoms with Gasteiger partial charge in [-0.3, -0.25) is 15.2 Å². The number of nitrogens with zero attached hydrogens (tertiary/aromatic N) is 2. The maximum absolute atomic E-state index is 13.6. The quantitative estimate of drug-likeness (QED) is 0.891. The summed E-state index contributed by atoms with van der Waals surface area (Å²) in [6, 6.07) is 12.5. The van der Waals surface area contributed by atoms with Gasteiger partial charge in [-0.15, -0.1) is 0 Å². The largest absolute Gasteiger partial charge is 0.326 e. The van der Waals surface area contributed by atoms with E-state index in [2.05, 4.69) is 20.8 Å². The molecule has 0 fully saturated rings. The Labute approximate surface area is 148 Å². The molecule has 0 saturated carbocycles. The highest BCUT2D eigenvalue weighted by Gasteiger charge is 2.20. The van der Waals surface area contributed by atoms with Gasteiger partial charge in [0.25, 0.3) is 0 Å². The summed E-state index contributed by atoms with van der Waals surface area (Å²) in [5, 5.41) is 7.89. The van der Waals surface area contributed by atoms with Crippen molar-refractivity contribution in [3.05, 3.63) is 65.0 Å². The number of carbonyl (C=O) groups excluding carboxylic acids is 1. The molecule has 2 heterocycles. The number of hydrazone groups is 1. The number of benzene rings is 2. The molecule has 0 saturated heterocycles. The molecule has 2 aliphatic heterocycles. The number of hydrogen-bond donors (Lipinski definition) is 2. The lowest BCUT2D eigenvalue weighted by atomic mass is 10.1. The Morgan fingerprint density at radius 1 is 1.24 bits per heavy atom. The van der Waals surface area contributed by atoms with Crippen LogP contribution in [0.25, 0.3) is 0 Å². The van der Waals surface area contributed by atoms with Crippen molar-refractivity contribution >= 4 is 34.2 Å². The van der Waals surface area contributed by atoms with Crippen LogP contribution in [0.4, 0.5) is 10.1 Å². The minimum absolute atomic E-state index is 0.0211. The lowest BCUT2D eigenvalue weighted by Gasteiger charge is -2.15. The third-order valence-electron chi connectivity index (χ3n) is 4.05. The number of amides is 1. The summed E-state index contributed by atoms with van der Waals surface area (Å²) in [7, 11) is 0. The Hall–Kier alpha value is -2.67. The van der Waals surface area contributed by atoms with E-state index in [4.69, 9.17) is 0 Å². The fourth-order valence-corrected chi connectivity index (χ4v) is 3.49. The van der Waals surface area contributed by atoms with Gasteiger partial charge in [0.1, 0.15) is 5.82 Å². The van der Waals surface area contributed by atoms with Crippen LogP contribution in [0.2, 0.25) is 0 Å². The van der Waals surface area contributed by atoms with Crippen LogP contribution in [0.3, 0.4) is 0 Å². The van der Waals surface area contributed by atoms with E-state index in [1.54, 1.807) is 18.2 Å². The summed E-state index contributed by atoms with van der Waals surface area (Å²) >= 11 is 1.52. The van der Waals surface area contributed by atoms with Crippen molar-refractivity contribution in [1.82, 2.24) is 5.43 Å². The summed E-state index contributed by atoms with van der Waals surface area (Å²) in [4.78, 5) is 15.8. The standard InChI is InChI=1S/C18H15FN4OS/c19-14-4-2-1-3-13(14)9-20-18-23-22-16(10-25-18)11-5-6-12-8-17(24)21-15(12)7-11/h1-7H,8-10H2,(H,20,23)(H,21,24). The molecule has 0 atom stereocenters. The van der Waals surface area contributed by atoms with Crippen LogP contribution in [-0.4, -0.2) is 22.5 Å². The number of fused-ring (bicyclic) bond motifs is 1. The molecule has 2 aromatic carbocycles. The molecular weight excluding hydrogens is 339 g/mol. The zero-order chi connectivity index (χ0) is 17.2. The number of rotatable bonds is 3. The van der Waals surface area contributed by atoms with E-state index in [9.17, 15) is 9.18 Å². The minimum atomic E-state index is -0.253. The van der Waals surface area contributed by atoms with E-state index >= 15 is 0 Å². The van der Waals surface area contributed by atoms with Crippen molar-refractivity contribution < 1.29 is 9.18 Å². The van der Waals surface area contributed by atoms with Gasteiger partial charge in [0, 0.05) is 22.6 Å². The number of thioether (sulfide) groups is 1. The molecule has 0 radical (unpaired) electrons. The number of aliphatic imine (C=N–C) groups is 1. The Balaban J connectivity index is 1.46. The molecule has 0 aliphatic carbocycles. The summed E-state index contributed by atoms with van der Waals surface area (Å²) in [5.41, 5.74) is 7.20. The number of amidine groups is 1. The number of halogens is 1. The highest BCUT2D eigenvalue weighted by atomic mass is 32.2. The van der Waals surface area contributed by atoms with Crippen molar-refractivity contribution in [2.75, 3.05) is 11.1 Å². The molecule has 2 aliphatic rings. The average molecular weight is 354 g/mol. The maximum atomic E-state index is 13.6. The van der Waals surface area contributed by atoms with E-state index in [-0.39, 0.29) is 18.3 Å². The van der Waals surface area contributed by atoms with Gasteiger partial charge in [0.15, 0.2) is 5.17 Å². The predicted molar refractivity (Wildman–Crippen MR) is 98.4 cm³/mol. The SMILES string of the molecule is O=C1Cc2ccc(C3=NNC(=NCc4ccccc4F)SC3)cc2N1. The Bertz CT molecular complexity index is 910. The predicted octanol–water partition coefficient (Wildman–Crippen LogP) is 2.92. The van der Waals surface area contributed by atoms with Crippen LogP contribution >= 0.6 is 11.8 Å². The molecule has 25 heavy (non-hydrogen) atoms. The molecule has 0 bridgehead atoms. The number of carbonyl (C=O) groups is 1. The first-order valence-electron chi connectivity index (χ1n) is 7.85. The smallest absolute Gasteiger partial charge is 0.228 e. The van der Waals surface area contributed by atoms with E-state index in [1.165, 1.54) is 17.8 Å². The van der Waals surface area contributed by atoms with Gasteiger partial charge in [-0.25, -0.2) is 4.39 Å². The highest BCUT2D eigenvalue weighted by molar-refractivity contribution is 8.14. The van der Waals surface area contributed by atoms with Crippen LogP contribution < -0.4 is 10.7 Å². The maximum Gasteiger partial charge on any atom is 0.228 e. The molecule has 0 spiro atoms. The summed E-state index contributed by atoms with van der Waals surface area (Å²) in [5.74, 6) is 0.431. The van der Waals surface area contributed by atoms with Crippen LogP contribution in [0.1, 0.15) is 16.7 Å². The molecule has 126 valence electrons. The first kappa shape index (κ1) is 15.8. The molecule has 7 heteroatoms. The lowest BCUT2D eigenvalue weighted by Crippen LogP contribution is -2.25. The average Bonchev–Trinajstić information content (AvgIpc) is 3.00. The number of anilines is 1. The molecule has 2 N–H and O–H groups in total. The van der Waals surface area contributed by atoms with Crippen molar-refractivity contribution in [3.8, 4) is 0 Å². The van der Waals surface area contributed by atoms with Gasteiger partial charge < -0.3 is 5.32 Å². The van der Waals surface area contributed by atoms with Crippen molar-refractivity contribution in [1.29, 1.82) is 0 Å². The molecule has 0 unspecified atom stereocenters. The van der Waals surface area contributed by atoms with Gasteiger partial charge in [-0.05, 0) is 17.7 Å². The second-order valence-corrected chi connectivity index (χ2v) is 6.73. The van der Waals surface area contributed by atoms with Crippen molar-refractivity contribution in [2.45, 2.75) is 13.0 Å². The number of hydrogen-bond acceptors (Lipinski definition) is 4. The Kier molecular flexibility index (Phi) is 4.23. The Morgan fingerprint density at radius 3 is 2.92 bits per heavy atom. The van der Waals surface area contributed by atoms with Gasteiger partial charge in [-0.1, -0.05) is 42.1 Å². The topological polar surface area (TPSA) is 65.8 Å². The van der Waals surface area contributed by atoms with E-state index < -0.39 is 0 Å². The molecule has 1 amide bonds. The molecule has 2 aromatic rings. The minimum Gasteiger partial charge on any atom is -0.326 e. The summed E-state index contributed by atoms with van der Waals surface area (Å²) in [6.45, 7) is 0.276. The highest BCUT2D eigenvalue weighted by Crippen LogP contribution is 2.25. The normalized spacial score (nSPS) is 17.7. The monoisotopic (exact) mass is 354 g/mol.